The third kappa shape index (κ3) is 5.10. The fourth-order valence-electron chi connectivity index (χ4n) is 2.97. The first kappa shape index (κ1) is 19.9. The van der Waals surface area contributed by atoms with Crippen molar-refractivity contribution in [2.45, 2.75) is 6.92 Å². The van der Waals surface area contributed by atoms with E-state index in [9.17, 15) is 9.59 Å². The summed E-state index contributed by atoms with van der Waals surface area (Å²) in [6.45, 7) is 4.18. The lowest BCUT2D eigenvalue weighted by Crippen LogP contribution is -2.50. The molecule has 7 nitrogen and oxygen atoms in total. The van der Waals surface area contributed by atoms with Crippen molar-refractivity contribution < 1.29 is 19.1 Å². The van der Waals surface area contributed by atoms with E-state index in [1.54, 1.807) is 18.1 Å². The summed E-state index contributed by atoms with van der Waals surface area (Å²) in [5.74, 6) is 0.0795. The number of methoxy groups -OCH3 is 1. The van der Waals surface area contributed by atoms with E-state index in [0.29, 0.717) is 31.9 Å². The smallest absolute Gasteiger partial charge is 0.331 e. The molecule has 0 N–H and O–H groups in total. The summed E-state index contributed by atoms with van der Waals surface area (Å²) in [5, 5.41) is 2.78. The average Bonchev–Trinajstić information content (AvgIpc) is 3.15. The lowest BCUT2D eigenvalue weighted by molar-refractivity contribution is -0.148. The number of nitrogens with zero attached hydrogens (tertiary/aromatic N) is 3. The van der Waals surface area contributed by atoms with Crippen molar-refractivity contribution in [3.05, 3.63) is 46.4 Å². The summed E-state index contributed by atoms with van der Waals surface area (Å²) >= 11 is 1.51. The van der Waals surface area contributed by atoms with Crippen LogP contribution < -0.4 is 9.64 Å². The monoisotopic (exact) mass is 401 g/mol. The van der Waals surface area contributed by atoms with E-state index in [1.807, 2.05) is 36.6 Å². The Bertz CT molecular complexity index is 857. The van der Waals surface area contributed by atoms with Crippen LogP contribution in [0.3, 0.4) is 0 Å². The van der Waals surface area contributed by atoms with Gasteiger partial charge in [-0.05, 0) is 25.1 Å². The number of esters is 1. The fraction of sp³-hybridized carbons (Fsp3) is 0.350. The zero-order chi connectivity index (χ0) is 19.9. The van der Waals surface area contributed by atoms with Gasteiger partial charge in [0.05, 0.1) is 23.5 Å². The second kappa shape index (κ2) is 9.36. The van der Waals surface area contributed by atoms with Crippen molar-refractivity contribution >= 4 is 35.0 Å². The zero-order valence-electron chi connectivity index (χ0n) is 16.0. The quantitative estimate of drug-likeness (QED) is 0.547. The molecule has 28 heavy (non-hydrogen) atoms. The third-order valence-corrected chi connectivity index (χ3v) is 5.21. The van der Waals surface area contributed by atoms with E-state index >= 15 is 0 Å². The highest BCUT2D eigenvalue weighted by atomic mass is 32.1. The minimum Gasteiger partial charge on any atom is -0.495 e. The average molecular weight is 401 g/mol. The molecule has 0 radical (unpaired) electrons. The molecule has 0 aliphatic carbocycles. The van der Waals surface area contributed by atoms with Crippen molar-refractivity contribution in [2.24, 2.45) is 0 Å². The van der Waals surface area contributed by atoms with Gasteiger partial charge in [0.1, 0.15) is 5.75 Å². The lowest BCUT2D eigenvalue weighted by Gasteiger charge is -2.36. The Morgan fingerprint density at radius 2 is 1.96 bits per heavy atom. The number of aryl methyl sites for hydroxylation is 1. The number of piperazine rings is 1. The minimum atomic E-state index is -0.549. The summed E-state index contributed by atoms with van der Waals surface area (Å²) in [5.41, 5.74) is 1.73. The van der Waals surface area contributed by atoms with Gasteiger partial charge in [-0.15, -0.1) is 11.3 Å². The number of carbonyl (C=O) groups excluding carboxylic acids is 2. The summed E-state index contributed by atoms with van der Waals surface area (Å²) in [6.07, 6.45) is 2.88. The summed E-state index contributed by atoms with van der Waals surface area (Å²) < 4.78 is 10.5. The Morgan fingerprint density at radius 1 is 1.21 bits per heavy atom. The van der Waals surface area contributed by atoms with Crippen LogP contribution >= 0.6 is 11.3 Å². The summed E-state index contributed by atoms with van der Waals surface area (Å²) in [4.78, 5) is 32.2. The van der Waals surface area contributed by atoms with Crippen molar-refractivity contribution in [3.63, 3.8) is 0 Å². The van der Waals surface area contributed by atoms with Crippen LogP contribution in [0.4, 0.5) is 5.69 Å². The highest BCUT2D eigenvalue weighted by molar-refractivity contribution is 7.09. The molecule has 0 spiro atoms. The number of thiazole rings is 1. The van der Waals surface area contributed by atoms with Gasteiger partial charge in [-0.1, -0.05) is 12.1 Å². The van der Waals surface area contributed by atoms with Crippen LogP contribution in [0.2, 0.25) is 0 Å². The first-order chi connectivity index (χ1) is 13.6. The highest BCUT2D eigenvalue weighted by Crippen LogP contribution is 2.28. The van der Waals surface area contributed by atoms with Crippen molar-refractivity contribution in [3.8, 4) is 5.75 Å². The molecule has 0 bridgehead atoms. The Morgan fingerprint density at radius 3 is 2.64 bits per heavy atom. The number of anilines is 1. The fourth-order valence-corrected chi connectivity index (χ4v) is 3.55. The molecule has 0 saturated carbocycles. The molecule has 2 heterocycles. The molecule has 3 rings (SSSR count). The number of ether oxygens (including phenoxy) is 2. The second-order valence-corrected chi connectivity index (χ2v) is 7.33. The van der Waals surface area contributed by atoms with Gasteiger partial charge in [0.25, 0.3) is 5.91 Å². The van der Waals surface area contributed by atoms with Gasteiger partial charge in [-0.25, -0.2) is 9.78 Å². The Kier molecular flexibility index (Phi) is 6.65. The highest BCUT2D eigenvalue weighted by Gasteiger charge is 2.23. The first-order valence-electron chi connectivity index (χ1n) is 8.99. The molecular weight excluding hydrogens is 378 g/mol. The summed E-state index contributed by atoms with van der Waals surface area (Å²) in [7, 11) is 1.65. The molecular formula is C20H23N3O4S. The Labute approximate surface area is 168 Å². The predicted molar refractivity (Wildman–Crippen MR) is 109 cm³/mol. The molecule has 0 unspecified atom stereocenters. The van der Waals surface area contributed by atoms with Gasteiger partial charge in [0.15, 0.2) is 6.61 Å². The predicted octanol–water partition coefficient (Wildman–Crippen LogP) is 2.37. The van der Waals surface area contributed by atoms with E-state index in [0.717, 1.165) is 16.4 Å². The number of amides is 1. The maximum atomic E-state index is 12.3. The number of hydrogen-bond acceptors (Lipinski definition) is 7. The Balaban J connectivity index is 1.45. The van der Waals surface area contributed by atoms with Gasteiger partial charge in [0.2, 0.25) is 0 Å². The van der Waals surface area contributed by atoms with E-state index in [-0.39, 0.29) is 12.5 Å². The zero-order valence-corrected chi connectivity index (χ0v) is 16.8. The van der Waals surface area contributed by atoms with Crippen molar-refractivity contribution in [1.29, 1.82) is 0 Å². The number of para-hydroxylation sites is 2. The maximum absolute atomic E-state index is 12.3. The molecule has 1 fully saturated rings. The number of rotatable bonds is 6. The lowest BCUT2D eigenvalue weighted by atomic mass is 10.2. The number of hydrogen-bond donors (Lipinski definition) is 0. The molecule has 1 aliphatic heterocycles. The largest absolute Gasteiger partial charge is 0.495 e. The normalized spacial score (nSPS) is 14.4. The number of benzene rings is 1. The van der Waals surface area contributed by atoms with Crippen molar-refractivity contribution in [2.75, 3.05) is 44.8 Å². The minimum absolute atomic E-state index is 0.189. The van der Waals surface area contributed by atoms with E-state index in [4.69, 9.17) is 9.47 Å². The van der Waals surface area contributed by atoms with Gasteiger partial charge in [0, 0.05) is 37.6 Å². The van der Waals surface area contributed by atoms with E-state index in [2.05, 4.69) is 9.88 Å². The molecule has 1 amide bonds. The number of aromatic nitrogens is 1. The van der Waals surface area contributed by atoms with Crippen LogP contribution in [0.25, 0.3) is 6.08 Å². The van der Waals surface area contributed by atoms with Gasteiger partial charge < -0.3 is 19.3 Å². The van der Waals surface area contributed by atoms with E-state index in [1.165, 1.54) is 17.4 Å². The molecule has 1 aromatic carbocycles. The molecule has 148 valence electrons. The maximum Gasteiger partial charge on any atom is 0.331 e. The van der Waals surface area contributed by atoms with E-state index < -0.39 is 5.97 Å². The standard InChI is InChI=1S/C20H23N3O4S/c1-15-21-16(14-28-15)7-8-20(25)27-13-19(24)23-11-9-22(10-12-23)17-5-3-4-6-18(17)26-2/h3-8,14H,9-13H2,1-2H3/b8-7+. The van der Waals surface area contributed by atoms with Gasteiger partial charge in [-0.3, -0.25) is 4.79 Å². The molecule has 1 aromatic heterocycles. The molecule has 1 aliphatic rings. The molecule has 1 saturated heterocycles. The third-order valence-electron chi connectivity index (χ3n) is 4.42. The van der Waals surface area contributed by atoms with Gasteiger partial charge >= 0.3 is 5.97 Å². The van der Waals surface area contributed by atoms with Crippen molar-refractivity contribution in [1.82, 2.24) is 9.88 Å². The number of carbonyl (C=O) groups is 2. The molecule has 0 atom stereocenters. The van der Waals surface area contributed by atoms with Crippen LogP contribution in [0.5, 0.6) is 5.75 Å². The second-order valence-electron chi connectivity index (χ2n) is 6.27. The van der Waals surface area contributed by atoms with Gasteiger partial charge in [-0.2, -0.15) is 0 Å². The molecule has 2 aromatic rings. The Hall–Kier alpha value is -2.87. The van der Waals surface area contributed by atoms with Crippen LogP contribution in [0.15, 0.2) is 35.7 Å². The van der Waals surface area contributed by atoms with Crippen LogP contribution in [-0.2, 0) is 14.3 Å². The molecule has 8 heteroatoms. The SMILES string of the molecule is COc1ccccc1N1CCN(C(=O)COC(=O)/C=C/c2csc(C)n2)CC1. The topological polar surface area (TPSA) is 72.0 Å². The van der Waals surface area contributed by atoms with Crippen LogP contribution in [-0.4, -0.2) is 61.7 Å². The first-order valence-corrected chi connectivity index (χ1v) is 9.87. The van der Waals surface area contributed by atoms with Crippen LogP contribution in [0, 0.1) is 6.92 Å². The summed E-state index contributed by atoms with van der Waals surface area (Å²) in [6, 6.07) is 7.83. The van der Waals surface area contributed by atoms with Crippen LogP contribution in [0.1, 0.15) is 10.7 Å².